The lowest BCUT2D eigenvalue weighted by atomic mass is 9.97. The third-order valence-corrected chi connectivity index (χ3v) is 8.40. The number of anilines is 1. The molecule has 2 saturated heterocycles. The summed E-state index contributed by atoms with van der Waals surface area (Å²) in [6.07, 6.45) is 2.92. The van der Waals surface area contributed by atoms with Crippen molar-refractivity contribution < 1.29 is 17.6 Å². The molecule has 2 aliphatic rings. The highest BCUT2D eigenvalue weighted by Gasteiger charge is 2.37. The molecule has 9 nitrogen and oxygen atoms in total. The number of nitrogens with zero attached hydrogens (tertiary/aromatic N) is 4. The number of carbonyl (C=O) groups is 1. The van der Waals surface area contributed by atoms with Gasteiger partial charge in [0.15, 0.2) is 5.76 Å². The van der Waals surface area contributed by atoms with Crippen molar-refractivity contribution in [2.24, 2.45) is 5.92 Å². The summed E-state index contributed by atoms with van der Waals surface area (Å²) in [5.41, 5.74) is 3.00. The molecule has 3 aromatic rings. The van der Waals surface area contributed by atoms with Crippen LogP contribution < -0.4 is 4.90 Å². The van der Waals surface area contributed by atoms with Gasteiger partial charge in [0.2, 0.25) is 11.0 Å². The molecule has 10 heteroatoms. The summed E-state index contributed by atoms with van der Waals surface area (Å²) in [6.45, 7) is 5.45. The minimum atomic E-state index is -3.82. The van der Waals surface area contributed by atoms with Gasteiger partial charge in [0.05, 0.1) is 5.92 Å². The normalized spacial score (nSPS) is 20.0. The lowest BCUT2D eigenvalue weighted by Crippen LogP contribution is -2.53. The maximum absolute atomic E-state index is 13.3. The quantitative estimate of drug-likeness (QED) is 0.599. The van der Waals surface area contributed by atoms with Crippen LogP contribution in [0.1, 0.15) is 18.4 Å². The second kappa shape index (κ2) is 9.27. The third-order valence-electron chi connectivity index (χ3n) is 6.67. The number of amides is 1. The average Bonchev–Trinajstić information content (AvgIpc) is 3.57. The van der Waals surface area contributed by atoms with E-state index in [-0.39, 0.29) is 23.5 Å². The number of nitrogens with one attached hydrogen (secondary N) is 1. The maximum Gasteiger partial charge on any atom is 0.276 e. The second-order valence-electron chi connectivity index (χ2n) is 8.94. The Kier molecular flexibility index (Phi) is 6.18. The fraction of sp³-hybridized carbons (Fsp3) is 0.417. The fourth-order valence-corrected chi connectivity index (χ4v) is 6.12. The van der Waals surface area contributed by atoms with Crippen LogP contribution in [0.3, 0.4) is 0 Å². The number of aryl methyl sites for hydroxylation is 1. The molecule has 2 fully saturated rings. The molecule has 1 N–H and O–H groups in total. The molecule has 2 aromatic heterocycles. The topological polar surface area (TPSA) is 103 Å². The number of aromatic nitrogens is 2. The summed E-state index contributed by atoms with van der Waals surface area (Å²) < 4.78 is 33.4. The number of benzene rings is 1. The Morgan fingerprint density at radius 1 is 1.03 bits per heavy atom. The van der Waals surface area contributed by atoms with Crippen LogP contribution in [0.4, 0.5) is 5.69 Å². The molecule has 0 unspecified atom stereocenters. The molecule has 1 aromatic carbocycles. The zero-order chi connectivity index (χ0) is 23.7. The maximum atomic E-state index is 13.3. The molecule has 0 spiro atoms. The SMILES string of the molecule is Cc1ccc(N2CCN(C(=O)[C@H]3CCCN(S(=O)(=O)c4ccc(-c5ccn[nH]5)o4)C3)CC2)cc1. The zero-order valence-electron chi connectivity index (χ0n) is 19.2. The van der Waals surface area contributed by atoms with Crippen LogP contribution in [0.2, 0.25) is 0 Å². The first-order valence-electron chi connectivity index (χ1n) is 11.6. The number of carbonyl (C=O) groups excluding carboxylic acids is 1. The molecule has 0 radical (unpaired) electrons. The van der Waals surface area contributed by atoms with E-state index in [0.717, 1.165) is 13.1 Å². The number of sulfonamides is 1. The number of H-pyrrole nitrogens is 1. The Balaban J connectivity index is 1.22. The smallest absolute Gasteiger partial charge is 0.276 e. The van der Waals surface area contributed by atoms with E-state index < -0.39 is 10.0 Å². The summed E-state index contributed by atoms with van der Waals surface area (Å²) in [5, 5.41) is 6.52. The first kappa shape index (κ1) is 22.7. The van der Waals surface area contributed by atoms with E-state index in [1.54, 1.807) is 18.3 Å². The number of hydrogen-bond donors (Lipinski definition) is 1. The van der Waals surface area contributed by atoms with Gasteiger partial charge in [0.1, 0.15) is 5.69 Å². The van der Waals surface area contributed by atoms with Gasteiger partial charge >= 0.3 is 0 Å². The first-order valence-corrected chi connectivity index (χ1v) is 13.1. The summed E-state index contributed by atoms with van der Waals surface area (Å²) in [5.74, 6) is 0.115. The van der Waals surface area contributed by atoms with E-state index in [1.807, 2.05) is 4.90 Å². The van der Waals surface area contributed by atoms with Crippen molar-refractivity contribution in [2.75, 3.05) is 44.2 Å². The second-order valence-corrected chi connectivity index (χ2v) is 10.8. The number of piperidine rings is 1. The van der Waals surface area contributed by atoms with E-state index in [9.17, 15) is 13.2 Å². The number of rotatable bonds is 5. The predicted octanol–water partition coefficient (Wildman–Crippen LogP) is 2.73. The average molecular weight is 484 g/mol. The van der Waals surface area contributed by atoms with Crippen molar-refractivity contribution in [1.82, 2.24) is 19.4 Å². The number of hydrogen-bond acceptors (Lipinski definition) is 6. The molecule has 4 heterocycles. The van der Waals surface area contributed by atoms with E-state index in [1.165, 1.54) is 21.6 Å². The van der Waals surface area contributed by atoms with Crippen molar-refractivity contribution in [1.29, 1.82) is 0 Å². The molecule has 1 amide bonds. The Labute approximate surface area is 199 Å². The van der Waals surface area contributed by atoms with Crippen molar-refractivity contribution in [2.45, 2.75) is 24.9 Å². The number of aromatic amines is 1. The van der Waals surface area contributed by atoms with Crippen LogP contribution in [0.25, 0.3) is 11.5 Å². The van der Waals surface area contributed by atoms with Crippen molar-refractivity contribution >= 4 is 21.6 Å². The van der Waals surface area contributed by atoms with Crippen LogP contribution in [0.5, 0.6) is 0 Å². The van der Waals surface area contributed by atoms with E-state index in [4.69, 9.17) is 4.42 Å². The molecule has 5 rings (SSSR count). The highest BCUT2D eigenvalue weighted by molar-refractivity contribution is 7.89. The van der Waals surface area contributed by atoms with Crippen molar-refractivity contribution in [3.8, 4) is 11.5 Å². The Hall–Kier alpha value is -3.11. The van der Waals surface area contributed by atoms with Gasteiger partial charge in [-0.05, 0) is 50.1 Å². The summed E-state index contributed by atoms with van der Waals surface area (Å²) >= 11 is 0. The molecule has 0 saturated carbocycles. The number of piperazine rings is 1. The minimum absolute atomic E-state index is 0.0426. The molecule has 34 heavy (non-hydrogen) atoms. The summed E-state index contributed by atoms with van der Waals surface area (Å²) in [6, 6.07) is 13.2. The monoisotopic (exact) mass is 483 g/mol. The van der Waals surface area contributed by atoms with Crippen LogP contribution in [0.15, 0.2) is 58.2 Å². The standard InChI is InChI=1S/C24H29N5O4S/c1-18-4-6-20(7-5-18)27-13-15-28(16-14-27)24(30)19-3-2-12-29(17-19)34(31,32)23-9-8-22(33-23)21-10-11-25-26-21/h4-11,19H,2-3,12-17H2,1H3,(H,25,26)/t19-/m0/s1. The zero-order valence-corrected chi connectivity index (χ0v) is 20.0. The van der Waals surface area contributed by atoms with E-state index in [0.29, 0.717) is 43.9 Å². The van der Waals surface area contributed by atoms with Gasteiger partial charge in [-0.2, -0.15) is 9.40 Å². The summed E-state index contributed by atoms with van der Waals surface area (Å²) in [4.78, 5) is 17.4. The summed E-state index contributed by atoms with van der Waals surface area (Å²) in [7, 11) is -3.82. The van der Waals surface area contributed by atoms with E-state index >= 15 is 0 Å². The third kappa shape index (κ3) is 4.47. The highest BCUT2D eigenvalue weighted by atomic mass is 32.2. The minimum Gasteiger partial charge on any atom is -0.442 e. The van der Waals surface area contributed by atoms with Gasteiger partial charge in [-0.1, -0.05) is 17.7 Å². The van der Waals surface area contributed by atoms with Crippen LogP contribution in [-0.4, -0.2) is 73.0 Å². The molecule has 2 aliphatic heterocycles. The van der Waals surface area contributed by atoms with Gasteiger partial charge in [-0.25, -0.2) is 8.42 Å². The molecule has 0 aliphatic carbocycles. The van der Waals surface area contributed by atoms with Crippen LogP contribution >= 0.6 is 0 Å². The van der Waals surface area contributed by atoms with Crippen molar-refractivity contribution in [3.63, 3.8) is 0 Å². The fourth-order valence-electron chi connectivity index (χ4n) is 4.69. The Bertz CT molecular complexity index is 1230. The molecule has 180 valence electrons. The van der Waals surface area contributed by atoms with Crippen molar-refractivity contribution in [3.05, 3.63) is 54.2 Å². The highest BCUT2D eigenvalue weighted by Crippen LogP contribution is 2.29. The Morgan fingerprint density at radius 2 is 1.79 bits per heavy atom. The lowest BCUT2D eigenvalue weighted by molar-refractivity contribution is -0.137. The molecule has 0 bridgehead atoms. The van der Waals surface area contributed by atoms with E-state index in [2.05, 4.69) is 46.3 Å². The molecular formula is C24H29N5O4S. The number of furan rings is 1. The Morgan fingerprint density at radius 3 is 2.50 bits per heavy atom. The molecular weight excluding hydrogens is 454 g/mol. The van der Waals surface area contributed by atoms with Gasteiger partial charge in [0, 0.05) is 51.2 Å². The predicted molar refractivity (Wildman–Crippen MR) is 128 cm³/mol. The first-order chi connectivity index (χ1) is 16.4. The van der Waals surface area contributed by atoms with Gasteiger partial charge < -0.3 is 14.2 Å². The lowest BCUT2D eigenvalue weighted by Gasteiger charge is -2.39. The van der Waals surface area contributed by atoms with Gasteiger partial charge in [-0.15, -0.1) is 0 Å². The van der Waals surface area contributed by atoms with Gasteiger partial charge in [-0.3, -0.25) is 9.89 Å². The van der Waals surface area contributed by atoms with Crippen LogP contribution in [-0.2, 0) is 14.8 Å². The molecule has 1 atom stereocenters. The largest absolute Gasteiger partial charge is 0.442 e. The van der Waals surface area contributed by atoms with Crippen LogP contribution in [0, 0.1) is 12.8 Å². The van der Waals surface area contributed by atoms with Gasteiger partial charge in [0.25, 0.3) is 10.0 Å².